The van der Waals surface area contributed by atoms with E-state index >= 15 is 0 Å². The third-order valence-corrected chi connectivity index (χ3v) is 3.73. The van der Waals surface area contributed by atoms with Gasteiger partial charge in [0.15, 0.2) is 0 Å². The quantitative estimate of drug-likeness (QED) is 0.733. The Bertz CT molecular complexity index is 312. The standard InChI is InChI=1S/C14H21BrO/c1-10(2)14(11(3)15)9-12-6-5-7-13(8-12)16-4/h5-8,10-11,14H,9H2,1-4H3. The second kappa shape index (κ2) is 6.29. The van der Waals surface area contributed by atoms with Crippen molar-refractivity contribution in [3.63, 3.8) is 0 Å². The van der Waals surface area contributed by atoms with E-state index in [1.54, 1.807) is 7.11 Å². The van der Waals surface area contributed by atoms with Crippen molar-refractivity contribution < 1.29 is 4.74 Å². The summed E-state index contributed by atoms with van der Waals surface area (Å²) in [5.74, 6) is 2.29. The number of alkyl halides is 1. The zero-order valence-electron chi connectivity index (χ0n) is 10.5. The van der Waals surface area contributed by atoms with Crippen LogP contribution in [-0.2, 0) is 6.42 Å². The summed E-state index contributed by atoms with van der Waals surface area (Å²) in [4.78, 5) is 0.540. The number of halogens is 1. The minimum absolute atomic E-state index is 0.540. The van der Waals surface area contributed by atoms with E-state index in [0.29, 0.717) is 16.7 Å². The molecule has 0 aromatic heterocycles. The van der Waals surface area contributed by atoms with Crippen molar-refractivity contribution in [3.8, 4) is 5.75 Å². The van der Waals surface area contributed by atoms with E-state index in [9.17, 15) is 0 Å². The van der Waals surface area contributed by atoms with Gasteiger partial charge < -0.3 is 4.74 Å². The maximum Gasteiger partial charge on any atom is 0.119 e. The van der Waals surface area contributed by atoms with Crippen LogP contribution in [0.2, 0.25) is 0 Å². The highest BCUT2D eigenvalue weighted by atomic mass is 79.9. The zero-order chi connectivity index (χ0) is 12.1. The minimum Gasteiger partial charge on any atom is -0.497 e. The Morgan fingerprint density at radius 2 is 1.94 bits per heavy atom. The molecule has 0 bridgehead atoms. The highest BCUT2D eigenvalue weighted by Crippen LogP contribution is 2.26. The molecular formula is C14H21BrO. The van der Waals surface area contributed by atoms with Gasteiger partial charge in [-0.05, 0) is 36.0 Å². The van der Waals surface area contributed by atoms with Gasteiger partial charge in [-0.25, -0.2) is 0 Å². The third kappa shape index (κ3) is 3.82. The van der Waals surface area contributed by atoms with E-state index in [4.69, 9.17) is 4.74 Å². The van der Waals surface area contributed by atoms with Crippen LogP contribution in [0.5, 0.6) is 5.75 Å². The molecule has 0 amide bonds. The first kappa shape index (κ1) is 13.6. The third-order valence-electron chi connectivity index (χ3n) is 3.05. The monoisotopic (exact) mass is 284 g/mol. The van der Waals surface area contributed by atoms with Gasteiger partial charge in [0.2, 0.25) is 0 Å². The number of rotatable bonds is 5. The Balaban J connectivity index is 2.77. The number of methoxy groups -OCH3 is 1. The molecule has 0 aliphatic rings. The summed E-state index contributed by atoms with van der Waals surface area (Å²) in [7, 11) is 1.71. The van der Waals surface area contributed by atoms with Crippen molar-refractivity contribution in [2.24, 2.45) is 11.8 Å². The Hall–Kier alpha value is -0.500. The number of ether oxygens (including phenoxy) is 1. The fourth-order valence-electron chi connectivity index (χ4n) is 2.00. The molecule has 0 fully saturated rings. The average molecular weight is 285 g/mol. The number of hydrogen-bond acceptors (Lipinski definition) is 1. The van der Waals surface area contributed by atoms with Gasteiger partial charge in [0.05, 0.1) is 7.11 Å². The van der Waals surface area contributed by atoms with E-state index in [-0.39, 0.29) is 0 Å². The van der Waals surface area contributed by atoms with Crippen LogP contribution < -0.4 is 4.74 Å². The van der Waals surface area contributed by atoms with Crippen LogP contribution in [0.4, 0.5) is 0 Å². The van der Waals surface area contributed by atoms with Gasteiger partial charge in [0, 0.05) is 4.83 Å². The lowest BCUT2D eigenvalue weighted by Gasteiger charge is -2.23. The summed E-state index contributed by atoms with van der Waals surface area (Å²) in [6.07, 6.45) is 1.10. The average Bonchev–Trinajstić information content (AvgIpc) is 2.25. The summed E-state index contributed by atoms with van der Waals surface area (Å²) in [6.45, 7) is 6.79. The van der Waals surface area contributed by atoms with Crippen LogP contribution in [0.1, 0.15) is 26.3 Å². The van der Waals surface area contributed by atoms with Crippen LogP contribution in [0.15, 0.2) is 24.3 Å². The lowest BCUT2D eigenvalue weighted by Crippen LogP contribution is -2.20. The fourth-order valence-corrected chi connectivity index (χ4v) is 2.80. The molecule has 0 spiro atoms. The molecule has 1 nitrogen and oxygen atoms in total. The van der Waals surface area contributed by atoms with E-state index in [2.05, 4.69) is 54.9 Å². The van der Waals surface area contributed by atoms with E-state index < -0.39 is 0 Å². The Morgan fingerprint density at radius 3 is 2.44 bits per heavy atom. The topological polar surface area (TPSA) is 9.23 Å². The molecule has 2 unspecified atom stereocenters. The molecule has 16 heavy (non-hydrogen) atoms. The van der Waals surface area contributed by atoms with Crippen molar-refractivity contribution in [2.45, 2.75) is 32.0 Å². The molecule has 1 aromatic rings. The van der Waals surface area contributed by atoms with E-state index in [1.165, 1.54) is 5.56 Å². The molecule has 90 valence electrons. The highest BCUT2D eigenvalue weighted by molar-refractivity contribution is 9.09. The van der Waals surface area contributed by atoms with Crippen molar-refractivity contribution in [1.29, 1.82) is 0 Å². The maximum atomic E-state index is 5.25. The molecule has 1 aromatic carbocycles. The maximum absolute atomic E-state index is 5.25. The van der Waals surface area contributed by atoms with E-state index in [0.717, 1.165) is 12.2 Å². The largest absolute Gasteiger partial charge is 0.497 e. The van der Waals surface area contributed by atoms with Crippen molar-refractivity contribution >= 4 is 15.9 Å². The Kier molecular flexibility index (Phi) is 5.33. The summed E-state index contributed by atoms with van der Waals surface area (Å²) in [6, 6.07) is 8.36. The number of benzene rings is 1. The predicted octanol–water partition coefficient (Wildman–Crippen LogP) is 4.29. The van der Waals surface area contributed by atoms with Crippen LogP contribution in [0.3, 0.4) is 0 Å². The summed E-state index contributed by atoms with van der Waals surface area (Å²) >= 11 is 3.70. The van der Waals surface area contributed by atoms with Gasteiger partial charge in [-0.1, -0.05) is 48.8 Å². The molecule has 1 rings (SSSR count). The van der Waals surface area contributed by atoms with Gasteiger partial charge in [-0.15, -0.1) is 0 Å². The molecule has 0 N–H and O–H groups in total. The predicted molar refractivity (Wildman–Crippen MR) is 73.4 cm³/mol. The lowest BCUT2D eigenvalue weighted by molar-refractivity contribution is 0.381. The van der Waals surface area contributed by atoms with Crippen LogP contribution >= 0.6 is 15.9 Å². The van der Waals surface area contributed by atoms with Crippen molar-refractivity contribution in [1.82, 2.24) is 0 Å². The Labute approximate surface area is 107 Å². The first-order valence-corrected chi connectivity index (χ1v) is 6.73. The SMILES string of the molecule is COc1cccc(CC(C(C)C)C(C)Br)c1. The highest BCUT2D eigenvalue weighted by Gasteiger charge is 2.19. The second-order valence-electron chi connectivity index (χ2n) is 4.64. The van der Waals surface area contributed by atoms with Gasteiger partial charge in [-0.2, -0.15) is 0 Å². The van der Waals surface area contributed by atoms with Crippen LogP contribution in [0.25, 0.3) is 0 Å². The van der Waals surface area contributed by atoms with Gasteiger partial charge in [0.1, 0.15) is 5.75 Å². The van der Waals surface area contributed by atoms with Crippen LogP contribution in [-0.4, -0.2) is 11.9 Å². The molecule has 0 radical (unpaired) electrons. The first-order chi connectivity index (χ1) is 7.54. The second-order valence-corrected chi connectivity index (χ2v) is 6.09. The van der Waals surface area contributed by atoms with Gasteiger partial charge in [-0.3, -0.25) is 0 Å². The molecule has 2 heteroatoms. The number of hydrogen-bond donors (Lipinski definition) is 0. The zero-order valence-corrected chi connectivity index (χ0v) is 12.1. The summed E-state index contributed by atoms with van der Waals surface area (Å²) in [5.41, 5.74) is 1.35. The molecule has 0 saturated carbocycles. The first-order valence-electron chi connectivity index (χ1n) is 5.81. The van der Waals surface area contributed by atoms with Crippen molar-refractivity contribution in [2.75, 3.05) is 7.11 Å². The molecule has 0 heterocycles. The fraction of sp³-hybridized carbons (Fsp3) is 0.571. The molecule has 0 saturated heterocycles. The van der Waals surface area contributed by atoms with Gasteiger partial charge >= 0.3 is 0 Å². The molecule has 0 aliphatic heterocycles. The van der Waals surface area contributed by atoms with Gasteiger partial charge in [0.25, 0.3) is 0 Å². The summed E-state index contributed by atoms with van der Waals surface area (Å²) in [5, 5.41) is 0. The minimum atomic E-state index is 0.540. The molecular weight excluding hydrogens is 264 g/mol. The summed E-state index contributed by atoms with van der Waals surface area (Å²) < 4.78 is 5.25. The lowest BCUT2D eigenvalue weighted by atomic mass is 9.87. The van der Waals surface area contributed by atoms with Crippen LogP contribution in [0, 0.1) is 11.8 Å². The molecule has 0 aliphatic carbocycles. The van der Waals surface area contributed by atoms with E-state index in [1.807, 2.05) is 6.07 Å². The normalized spacial score (nSPS) is 14.9. The van der Waals surface area contributed by atoms with Crippen molar-refractivity contribution in [3.05, 3.63) is 29.8 Å². The Morgan fingerprint density at radius 1 is 1.25 bits per heavy atom. The smallest absolute Gasteiger partial charge is 0.119 e. The molecule has 2 atom stereocenters.